The topological polar surface area (TPSA) is 77.8 Å². The van der Waals surface area contributed by atoms with Crippen LogP contribution in [0.2, 0.25) is 0 Å². The fourth-order valence-corrected chi connectivity index (χ4v) is 3.05. The van der Waals surface area contributed by atoms with E-state index in [4.69, 9.17) is 0 Å². The van der Waals surface area contributed by atoms with Crippen molar-refractivity contribution in [1.29, 1.82) is 0 Å². The van der Waals surface area contributed by atoms with Gasteiger partial charge in [-0.25, -0.2) is 0 Å². The van der Waals surface area contributed by atoms with Crippen molar-refractivity contribution in [3.63, 3.8) is 0 Å². The van der Waals surface area contributed by atoms with Gasteiger partial charge in [0, 0.05) is 6.54 Å². The van der Waals surface area contributed by atoms with Crippen molar-refractivity contribution in [2.75, 3.05) is 13.2 Å². The van der Waals surface area contributed by atoms with Crippen LogP contribution in [0, 0.1) is 0 Å². The lowest BCUT2D eigenvalue weighted by molar-refractivity contribution is -0.129. The molecule has 0 spiro atoms. The molecule has 1 unspecified atom stereocenters. The van der Waals surface area contributed by atoms with Crippen LogP contribution < -0.4 is 0 Å². The summed E-state index contributed by atoms with van der Waals surface area (Å²) in [6.45, 7) is -0.231. The van der Waals surface area contributed by atoms with Crippen LogP contribution in [0.3, 0.4) is 0 Å². The van der Waals surface area contributed by atoms with Gasteiger partial charge in [-0.3, -0.25) is 9.59 Å². The Balaban J connectivity index is 1.97. The smallest absolute Gasteiger partial charge is 0.290 e. The summed E-state index contributed by atoms with van der Waals surface area (Å²) < 4.78 is 0. The maximum absolute atomic E-state index is 12.8. The van der Waals surface area contributed by atoms with Gasteiger partial charge in [0.25, 0.3) is 5.91 Å². The lowest BCUT2D eigenvalue weighted by Gasteiger charge is -2.25. The highest BCUT2D eigenvalue weighted by molar-refractivity contribution is 6.14. The average Bonchev–Trinajstić information content (AvgIpc) is 2.93. The fraction of sp³-hybridized carbons (Fsp3) is 0.143. The average molecular weight is 349 g/mol. The number of aliphatic hydroxyl groups excluding tert-OH is 2. The number of allylic oxidation sites excluding steroid dienone is 1. The highest BCUT2D eigenvalue weighted by atomic mass is 16.3. The Kier molecular flexibility index (Phi) is 5.29. The molecule has 3 rings (SSSR count). The first-order chi connectivity index (χ1) is 12.6. The van der Waals surface area contributed by atoms with E-state index in [1.165, 1.54) is 11.0 Å². The summed E-state index contributed by atoms with van der Waals surface area (Å²) in [5.74, 6) is -1.65. The summed E-state index contributed by atoms with van der Waals surface area (Å²) in [5, 5.41) is 19.6. The van der Waals surface area contributed by atoms with Crippen LogP contribution in [-0.2, 0) is 9.59 Å². The van der Waals surface area contributed by atoms with E-state index < -0.39 is 23.5 Å². The molecule has 1 heterocycles. The van der Waals surface area contributed by atoms with E-state index in [-0.39, 0.29) is 18.7 Å². The van der Waals surface area contributed by atoms with Gasteiger partial charge in [-0.1, -0.05) is 66.7 Å². The first kappa shape index (κ1) is 17.6. The molecule has 2 aromatic rings. The van der Waals surface area contributed by atoms with Gasteiger partial charge < -0.3 is 15.1 Å². The molecule has 5 heteroatoms. The molecule has 5 nitrogen and oxygen atoms in total. The third kappa shape index (κ3) is 3.43. The van der Waals surface area contributed by atoms with E-state index in [1.54, 1.807) is 30.3 Å². The molecule has 2 aromatic carbocycles. The van der Waals surface area contributed by atoms with E-state index in [0.29, 0.717) is 5.56 Å². The van der Waals surface area contributed by atoms with Gasteiger partial charge in [0.05, 0.1) is 18.2 Å². The van der Waals surface area contributed by atoms with Crippen LogP contribution in [0.1, 0.15) is 17.2 Å². The van der Waals surface area contributed by atoms with Gasteiger partial charge in [0.15, 0.2) is 11.5 Å². The van der Waals surface area contributed by atoms with Crippen molar-refractivity contribution in [1.82, 2.24) is 4.90 Å². The lowest BCUT2D eigenvalue weighted by atomic mass is 9.95. The van der Waals surface area contributed by atoms with Crippen molar-refractivity contribution in [3.8, 4) is 0 Å². The van der Waals surface area contributed by atoms with Crippen molar-refractivity contribution in [2.24, 2.45) is 0 Å². The van der Waals surface area contributed by atoms with Crippen molar-refractivity contribution < 1.29 is 19.8 Å². The molecule has 1 amide bonds. The molecular formula is C21H19NO4. The molecule has 0 bridgehead atoms. The summed E-state index contributed by atoms with van der Waals surface area (Å²) in [5.41, 5.74) is 1.57. The lowest BCUT2D eigenvalue weighted by Crippen LogP contribution is -2.33. The molecule has 0 fully saturated rings. The number of carbonyl (C=O) groups is 2. The van der Waals surface area contributed by atoms with Crippen molar-refractivity contribution >= 4 is 17.8 Å². The summed E-state index contributed by atoms with van der Waals surface area (Å²) in [4.78, 5) is 26.5. The maximum Gasteiger partial charge on any atom is 0.290 e. The Bertz CT molecular complexity index is 856. The molecule has 1 aliphatic rings. The Morgan fingerprint density at radius 3 is 2.27 bits per heavy atom. The highest BCUT2D eigenvalue weighted by Crippen LogP contribution is 2.37. The van der Waals surface area contributed by atoms with Gasteiger partial charge in [0.1, 0.15) is 0 Å². The Morgan fingerprint density at radius 2 is 1.65 bits per heavy atom. The zero-order chi connectivity index (χ0) is 18.5. The number of amides is 1. The largest absolute Gasteiger partial charge is 0.503 e. The SMILES string of the molecule is O=C(C=Cc1ccccc1)C1=C(O)C(=O)N(CCO)C1c1ccccc1. The molecule has 0 saturated heterocycles. The molecule has 0 aromatic heterocycles. The van der Waals surface area contributed by atoms with Crippen LogP contribution in [0.4, 0.5) is 0 Å². The molecular weight excluding hydrogens is 330 g/mol. The zero-order valence-electron chi connectivity index (χ0n) is 14.1. The van der Waals surface area contributed by atoms with E-state index in [9.17, 15) is 19.8 Å². The van der Waals surface area contributed by atoms with E-state index >= 15 is 0 Å². The Hall–Kier alpha value is -3.18. The maximum atomic E-state index is 12.8. The minimum Gasteiger partial charge on any atom is -0.503 e. The van der Waals surface area contributed by atoms with Crippen LogP contribution in [0.25, 0.3) is 6.08 Å². The van der Waals surface area contributed by atoms with Gasteiger partial charge in [-0.05, 0) is 17.2 Å². The quantitative estimate of drug-likeness (QED) is 0.786. The van der Waals surface area contributed by atoms with Crippen LogP contribution in [0.15, 0.2) is 78.1 Å². The van der Waals surface area contributed by atoms with Crippen LogP contribution in [-0.4, -0.2) is 40.0 Å². The highest BCUT2D eigenvalue weighted by Gasteiger charge is 2.42. The molecule has 1 aliphatic heterocycles. The van der Waals surface area contributed by atoms with Crippen molar-refractivity contribution in [2.45, 2.75) is 6.04 Å². The van der Waals surface area contributed by atoms with E-state index in [0.717, 1.165) is 5.56 Å². The Morgan fingerprint density at radius 1 is 1.04 bits per heavy atom. The number of ketones is 1. The van der Waals surface area contributed by atoms with Gasteiger partial charge in [-0.15, -0.1) is 0 Å². The number of β-amino-alcohol motifs (C(OH)–C–C–N with tert-alkyl or cyclic N) is 1. The first-order valence-electron chi connectivity index (χ1n) is 8.31. The number of carbonyl (C=O) groups excluding carboxylic acids is 2. The van der Waals surface area contributed by atoms with Crippen molar-refractivity contribution in [3.05, 3.63) is 89.2 Å². The molecule has 132 valence electrons. The monoisotopic (exact) mass is 349 g/mol. The van der Waals surface area contributed by atoms with Crippen LogP contribution in [0.5, 0.6) is 0 Å². The third-order valence-electron chi connectivity index (χ3n) is 4.25. The molecule has 0 saturated carbocycles. The van der Waals surface area contributed by atoms with E-state index in [1.807, 2.05) is 36.4 Å². The summed E-state index contributed by atoms with van der Waals surface area (Å²) in [6.07, 6.45) is 3.00. The minimum atomic E-state index is -0.719. The first-order valence-corrected chi connectivity index (χ1v) is 8.31. The third-order valence-corrected chi connectivity index (χ3v) is 4.25. The predicted molar refractivity (Wildman–Crippen MR) is 98.1 cm³/mol. The number of rotatable bonds is 6. The second-order valence-electron chi connectivity index (χ2n) is 5.91. The molecule has 26 heavy (non-hydrogen) atoms. The second kappa shape index (κ2) is 7.80. The molecule has 1 atom stereocenters. The zero-order valence-corrected chi connectivity index (χ0v) is 14.1. The molecule has 0 radical (unpaired) electrons. The standard InChI is InChI=1S/C21H19NO4/c23-14-13-22-19(16-9-5-2-6-10-16)18(20(25)21(22)26)17(24)12-11-15-7-3-1-4-8-15/h1-12,19,23,25H,13-14H2. The molecule has 2 N–H and O–H groups in total. The number of aliphatic hydroxyl groups is 2. The van der Waals surface area contributed by atoms with Gasteiger partial charge >= 0.3 is 0 Å². The number of nitrogens with zero attached hydrogens (tertiary/aromatic N) is 1. The number of hydrogen-bond donors (Lipinski definition) is 2. The minimum absolute atomic E-state index is 0.0294. The van der Waals surface area contributed by atoms with E-state index in [2.05, 4.69) is 0 Å². The summed E-state index contributed by atoms with van der Waals surface area (Å²) in [7, 11) is 0. The normalized spacial score (nSPS) is 17.3. The van der Waals surface area contributed by atoms with Gasteiger partial charge in [-0.2, -0.15) is 0 Å². The molecule has 0 aliphatic carbocycles. The second-order valence-corrected chi connectivity index (χ2v) is 5.91. The predicted octanol–water partition coefficient (Wildman–Crippen LogP) is 2.66. The van der Waals surface area contributed by atoms with Gasteiger partial charge in [0.2, 0.25) is 0 Å². The summed E-state index contributed by atoms with van der Waals surface area (Å²) >= 11 is 0. The number of benzene rings is 2. The summed E-state index contributed by atoms with van der Waals surface area (Å²) in [6, 6.07) is 17.6. The Labute approximate surface area is 151 Å². The number of hydrogen-bond acceptors (Lipinski definition) is 4. The fourth-order valence-electron chi connectivity index (χ4n) is 3.05. The van der Waals surface area contributed by atoms with Crippen LogP contribution >= 0.6 is 0 Å².